The van der Waals surface area contributed by atoms with E-state index in [1.54, 1.807) is 54.3 Å². The van der Waals surface area contributed by atoms with Gasteiger partial charge in [-0.2, -0.15) is 0 Å². The number of rotatable bonds is 11. The lowest BCUT2D eigenvalue weighted by atomic mass is 9.99. The standard InChI is InChI=1S/C31H34N4O6S/c1-5-34(6-2)27(36)20-35(42(4,39)40)24-16-14-23(15-17-24)32-29(21-11-9-8-10-12-21)28-25-18-13-22(31(38)41-7-3)19-26(25)33-30(28)37/h8-19,32H,5-7,20H2,1-4H3,(H,33,37)/b29-28-. The van der Waals surface area contributed by atoms with Gasteiger partial charge in [-0.3, -0.25) is 13.9 Å². The van der Waals surface area contributed by atoms with Crippen molar-refractivity contribution in [1.29, 1.82) is 0 Å². The number of ether oxygens (including phenoxy) is 1. The van der Waals surface area contributed by atoms with Crippen molar-refractivity contribution in [3.05, 3.63) is 89.5 Å². The van der Waals surface area contributed by atoms with E-state index in [2.05, 4.69) is 10.6 Å². The van der Waals surface area contributed by atoms with Crippen LogP contribution in [0.15, 0.2) is 72.8 Å². The van der Waals surface area contributed by atoms with Crippen molar-refractivity contribution in [2.75, 3.05) is 47.4 Å². The lowest BCUT2D eigenvalue weighted by Gasteiger charge is -2.26. The van der Waals surface area contributed by atoms with Gasteiger partial charge in [-0.15, -0.1) is 0 Å². The zero-order valence-electron chi connectivity index (χ0n) is 24.0. The molecule has 0 saturated heterocycles. The monoisotopic (exact) mass is 590 g/mol. The maximum absolute atomic E-state index is 13.3. The number of amides is 2. The summed E-state index contributed by atoms with van der Waals surface area (Å²) in [5.41, 5.74) is 4.04. The first-order valence-corrected chi connectivity index (χ1v) is 15.5. The van der Waals surface area contributed by atoms with Gasteiger partial charge in [0.25, 0.3) is 5.91 Å². The molecule has 0 aromatic heterocycles. The molecule has 0 saturated carbocycles. The van der Waals surface area contributed by atoms with E-state index < -0.39 is 16.0 Å². The third-order valence-corrected chi connectivity index (χ3v) is 7.95. The zero-order valence-corrected chi connectivity index (χ0v) is 24.8. The number of nitrogens with one attached hydrogen (secondary N) is 2. The summed E-state index contributed by atoms with van der Waals surface area (Å²) in [7, 11) is -3.74. The Morgan fingerprint density at radius 3 is 2.17 bits per heavy atom. The van der Waals surface area contributed by atoms with Gasteiger partial charge < -0.3 is 20.3 Å². The van der Waals surface area contributed by atoms with Gasteiger partial charge in [0.15, 0.2) is 0 Å². The van der Waals surface area contributed by atoms with Gasteiger partial charge in [0, 0.05) is 24.3 Å². The number of hydrogen-bond donors (Lipinski definition) is 2. The molecule has 42 heavy (non-hydrogen) atoms. The molecule has 1 heterocycles. The summed E-state index contributed by atoms with van der Waals surface area (Å²) in [6, 6.07) is 20.8. The third kappa shape index (κ3) is 6.63. The summed E-state index contributed by atoms with van der Waals surface area (Å²) in [6.07, 6.45) is 1.07. The molecule has 2 N–H and O–H groups in total. The molecule has 0 radical (unpaired) electrons. The number of benzene rings is 3. The SMILES string of the molecule is CCOC(=O)c1ccc2c(c1)NC(=O)/C2=C(\Nc1ccc(N(CC(=O)N(CC)CC)S(C)(=O)=O)cc1)c1ccccc1. The Morgan fingerprint density at radius 2 is 1.57 bits per heavy atom. The number of anilines is 3. The predicted octanol–water partition coefficient (Wildman–Crippen LogP) is 4.43. The normalized spacial score (nSPS) is 13.6. The number of hydrogen-bond acceptors (Lipinski definition) is 7. The number of carbonyl (C=O) groups is 3. The molecule has 0 bridgehead atoms. The van der Waals surface area contributed by atoms with Gasteiger partial charge in [0.1, 0.15) is 6.54 Å². The van der Waals surface area contributed by atoms with Gasteiger partial charge >= 0.3 is 5.97 Å². The van der Waals surface area contributed by atoms with Crippen LogP contribution in [0.3, 0.4) is 0 Å². The summed E-state index contributed by atoms with van der Waals surface area (Å²) in [6.45, 7) is 6.30. The molecule has 0 aliphatic carbocycles. The Bertz CT molecular complexity index is 1610. The van der Waals surface area contributed by atoms with Gasteiger partial charge in [-0.1, -0.05) is 36.4 Å². The molecular formula is C31H34N4O6S. The molecule has 0 fully saturated rings. The summed E-state index contributed by atoms with van der Waals surface area (Å²) in [5, 5.41) is 6.18. The number of nitrogens with zero attached hydrogens (tertiary/aromatic N) is 2. The van der Waals surface area contributed by atoms with Crippen molar-refractivity contribution in [1.82, 2.24) is 4.90 Å². The summed E-state index contributed by atoms with van der Waals surface area (Å²) < 4.78 is 31.4. The number of sulfonamides is 1. The van der Waals surface area contributed by atoms with Crippen molar-refractivity contribution >= 4 is 56.1 Å². The zero-order chi connectivity index (χ0) is 30.4. The van der Waals surface area contributed by atoms with E-state index in [-0.39, 0.29) is 25.0 Å². The van der Waals surface area contributed by atoms with E-state index in [1.165, 1.54) is 0 Å². The van der Waals surface area contributed by atoms with Crippen molar-refractivity contribution in [2.24, 2.45) is 0 Å². The van der Waals surface area contributed by atoms with Crippen LogP contribution >= 0.6 is 0 Å². The van der Waals surface area contributed by atoms with E-state index in [4.69, 9.17) is 4.74 Å². The molecule has 0 unspecified atom stereocenters. The second kappa shape index (κ2) is 12.9. The highest BCUT2D eigenvalue weighted by Gasteiger charge is 2.30. The molecule has 2 amide bonds. The van der Waals surface area contributed by atoms with Crippen LogP contribution in [0, 0.1) is 0 Å². The minimum Gasteiger partial charge on any atom is -0.462 e. The second-order valence-corrected chi connectivity index (χ2v) is 11.5. The smallest absolute Gasteiger partial charge is 0.338 e. The number of carbonyl (C=O) groups excluding carboxylic acids is 3. The topological polar surface area (TPSA) is 125 Å². The second-order valence-electron chi connectivity index (χ2n) is 9.56. The van der Waals surface area contributed by atoms with Crippen LogP contribution in [0.5, 0.6) is 0 Å². The fraction of sp³-hybridized carbons (Fsp3) is 0.258. The molecular weight excluding hydrogens is 556 g/mol. The number of fused-ring (bicyclic) bond motifs is 1. The lowest BCUT2D eigenvalue weighted by Crippen LogP contribution is -2.42. The Hall–Kier alpha value is -4.64. The fourth-order valence-electron chi connectivity index (χ4n) is 4.70. The molecule has 220 valence electrons. The van der Waals surface area contributed by atoms with E-state index in [9.17, 15) is 22.8 Å². The first-order chi connectivity index (χ1) is 20.1. The van der Waals surface area contributed by atoms with E-state index in [0.717, 1.165) is 16.1 Å². The first kappa shape index (κ1) is 30.3. The van der Waals surface area contributed by atoms with Crippen molar-refractivity contribution in [2.45, 2.75) is 20.8 Å². The largest absolute Gasteiger partial charge is 0.462 e. The summed E-state index contributed by atoms with van der Waals surface area (Å²) in [4.78, 5) is 39.8. The summed E-state index contributed by atoms with van der Waals surface area (Å²) in [5.74, 6) is -1.11. The molecule has 10 nitrogen and oxygen atoms in total. The van der Waals surface area contributed by atoms with Crippen LogP contribution in [0.1, 0.15) is 42.3 Å². The highest BCUT2D eigenvalue weighted by molar-refractivity contribution is 7.92. The molecule has 0 atom stereocenters. The van der Waals surface area contributed by atoms with Gasteiger partial charge in [-0.05, 0) is 62.7 Å². The third-order valence-electron chi connectivity index (χ3n) is 6.81. The number of esters is 1. The van der Waals surface area contributed by atoms with E-state index >= 15 is 0 Å². The van der Waals surface area contributed by atoms with E-state index in [0.29, 0.717) is 52.5 Å². The van der Waals surface area contributed by atoms with Crippen LogP contribution in [0.2, 0.25) is 0 Å². The van der Waals surface area contributed by atoms with E-state index in [1.807, 2.05) is 44.2 Å². The molecule has 1 aliphatic rings. The first-order valence-electron chi connectivity index (χ1n) is 13.6. The highest BCUT2D eigenvalue weighted by atomic mass is 32.2. The maximum Gasteiger partial charge on any atom is 0.338 e. The average Bonchev–Trinajstić information content (AvgIpc) is 3.30. The van der Waals surface area contributed by atoms with Crippen LogP contribution in [0.4, 0.5) is 17.1 Å². The molecule has 3 aromatic rings. The number of likely N-dealkylation sites (N-methyl/N-ethyl adjacent to an activating group) is 1. The van der Waals surface area contributed by atoms with Crippen LogP contribution in [-0.4, -0.2) is 63.6 Å². The summed E-state index contributed by atoms with van der Waals surface area (Å²) >= 11 is 0. The van der Waals surface area contributed by atoms with Crippen LogP contribution in [0.25, 0.3) is 11.3 Å². The van der Waals surface area contributed by atoms with Gasteiger partial charge in [-0.25, -0.2) is 13.2 Å². The molecule has 11 heteroatoms. The molecule has 1 aliphatic heterocycles. The lowest BCUT2D eigenvalue weighted by molar-refractivity contribution is -0.129. The van der Waals surface area contributed by atoms with Crippen LogP contribution in [-0.2, 0) is 24.3 Å². The van der Waals surface area contributed by atoms with Gasteiger partial charge in [0.2, 0.25) is 15.9 Å². The van der Waals surface area contributed by atoms with Crippen molar-refractivity contribution in [3.8, 4) is 0 Å². The van der Waals surface area contributed by atoms with Crippen molar-refractivity contribution < 1.29 is 27.5 Å². The quantitative estimate of drug-likeness (QED) is 0.250. The van der Waals surface area contributed by atoms with Crippen LogP contribution < -0.4 is 14.9 Å². The fourth-order valence-corrected chi connectivity index (χ4v) is 5.55. The predicted molar refractivity (Wildman–Crippen MR) is 164 cm³/mol. The maximum atomic E-state index is 13.3. The van der Waals surface area contributed by atoms with Gasteiger partial charge in [0.05, 0.1) is 41.1 Å². The Balaban J connectivity index is 1.71. The minimum absolute atomic E-state index is 0.239. The molecule has 3 aromatic carbocycles. The Kier molecular flexibility index (Phi) is 9.31. The average molecular weight is 591 g/mol. The molecule has 0 spiro atoms. The van der Waals surface area contributed by atoms with Crippen molar-refractivity contribution in [3.63, 3.8) is 0 Å². The highest BCUT2D eigenvalue weighted by Crippen LogP contribution is 2.38. The Morgan fingerprint density at radius 1 is 0.905 bits per heavy atom. The Labute approximate surface area is 246 Å². The molecule has 4 rings (SSSR count). The minimum atomic E-state index is -3.74.